The first-order valence-corrected chi connectivity index (χ1v) is 6.59. The van der Waals surface area contributed by atoms with Gasteiger partial charge in [0.2, 0.25) is 0 Å². The average Bonchev–Trinajstić information content (AvgIpc) is 2.34. The third kappa shape index (κ3) is 3.01. The summed E-state index contributed by atoms with van der Waals surface area (Å²) in [6.45, 7) is 5.43. The number of para-hydroxylation sites is 1. The first kappa shape index (κ1) is 12.4. The summed E-state index contributed by atoms with van der Waals surface area (Å²) in [6, 6.07) is 10.4. The predicted octanol–water partition coefficient (Wildman–Crippen LogP) is 3.40. The molecule has 1 aliphatic rings. The van der Waals surface area contributed by atoms with Crippen LogP contribution in [-0.4, -0.2) is 12.1 Å². The van der Waals surface area contributed by atoms with Gasteiger partial charge in [-0.15, -0.1) is 0 Å². The van der Waals surface area contributed by atoms with Crippen LogP contribution in [0, 0.1) is 5.41 Å². The second kappa shape index (κ2) is 4.69. The van der Waals surface area contributed by atoms with Gasteiger partial charge in [-0.1, -0.05) is 32.0 Å². The average molecular weight is 232 g/mol. The summed E-state index contributed by atoms with van der Waals surface area (Å²) >= 11 is 0. The van der Waals surface area contributed by atoms with Crippen LogP contribution in [0.15, 0.2) is 30.3 Å². The normalized spacial score (nSPS) is 22.1. The summed E-state index contributed by atoms with van der Waals surface area (Å²) in [7, 11) is 0. The summed E-state index contributed by atoms with van der Waals surface area (Å²) in [5, 5.41) is 3.66. The molecule has 1 saturated carbocycles. The Balaban J connectivity index is 2.06. The van der Waals surface area contributed by atoms with Crippen LogP contribution in [0.1, 0.15) is 39.5 Å². The molecular formula is C15H24N2. The summed E-state index contributed by atoms with van der Waals surface area (Å²) in [5.74, 6) is 0. The Morgan fingerprint density at radius 2 is 1.65 bits per heavy atom. The maximum absolute atomic E-state index is 6.01. The van der Waals surface area contributed by atoms with Crippen molar-refractivity contribution < 1.29 is 0 Å². The number of hydrogen-bond acceptors (Lipinski definition) is 2. The molecule has 0 heterocycles. The van der Waals surface area contributed by atoms with E-state index in [2.05, 4.69) is 43.4 Å². The van der Waals surface area contributed by atoms with Gasteiger partial charge in [0.25, 0.3) is 0 Å². The van der Waals surface area contributed by atoms with Gasteiger partial charge in [-0.3, -0.25) is 0 Å². The van der Waals surface area contributed by atoms with E-state index in [4.69, 9.17) is 5.73 Å². The number of nitrogens with two attached hydrogens (primary N) is 1. The fraction of sp³-hybridized carbons (Fsp3) is 0.600. The lowest BCUT2D eigenvalue weighted by atomic mass is 9.69. The highest BCUT2D eigenvalue weighted by molar-refractivity contribution is 5.45. The van der Waals surface area contributed by atoms with Crippen molar-refractivity contribution in [3.05, 3.63) is 30.3 Å². The van der Waals surface area contributed by atoms with Gasteiger partial charge in [0, 0.05) is 17.8 Å². The Kier molecular flexibility index (Phi) is 3.43. The third-order valence-corrected chi connectivity index (χ3v) is 4.13. The highest BCUT2D eigenvalue weighted by atomic mass is 15.0. The van der Waals surface area contributed by atoms with Crippen molar-refractivity contribution in [1.29, 1.82) is 0 Å². The molecule has 0 bridgehead atoms. The van der Waals surface area contributed by atoms with Crippen LogP contribution < -0.4 is 11.1 Å². The Labute approximate surface area is 105 Å². The van der Waals surface area contributed by atoms with Crippen LogP contribution in [0.4, 0.5) is 5.69 Å². The van der Waals surface area contributed by atoms with Gasteiger partial charge in [-0.25, -0.2) is 0 Å². The fourth-order valence-corrected chi connectivity index (χ4v) is 2.61. The molecule has 1 fully saturated rings. The standard InChI is InChI=1S/C15H24N2/c1-14(2)8-10-15(12-16,11-9-14)17-13-6-4-3-5-7-13/h3-7,17H,8-12,16H2,1-2H3. The predicted molar refractivity (Wildman–Crippen MR) is 74.1 cm³/mol. The second-order valence-electron chi connectivity index (χ2n) is 6.14. The number of nitrogens with one attached hydrogen (secondary N) is 1. The third-order valence-electron chi connectivity index (χ3n) is 4.13. The zero-order valence-corrected chi connectivity index (χ0v) is 11.0. The maximum Gasteiger partial charge on any atom is 0.0496 e. The van der Waals surface area contributed by atoms with E-state index in [-0.39, 0.29) is 5.54 Å². The van der Waals surface area contributed by atoms with E-state index in [0.717, 1.165) is 6.54 Å². The topological polar surface area (TPSA) is 38.0 Å². The molecule has 0 saturated heterocycles. The molecule has 17 heavy (non-hydrogen) atoms. The summed E-state index contributed by atoms with van der Waals surface area (Å²) in [5.41, 5.74) is 7.80. The fourth-order valence-electron chi connectivity index (χ4n) is 2.61. The molecule has 1 aromatic carbocycles. The number of benzene rings is 1. The van der Waals surface area contributed by atoms with Crippen LogP contribution in [0.5, 0.6) is 0 Å². The Morgan fingerprint density at radius 1 is 1.06 bits per heavy atom. The molecule has 2 heteroatoms. The van der Waals surface area contributed by atoms with E-state index >= 15 is 0 Å². The summed E-state index contributed by atoms with van der Waals surface area (Å²) in [4.78, 5) is 0. The molecule has 3 N–H and O–H groups in total. The molecule has 1 aliphatic carbocycles. The molecule has 0 aromatic heterocycles. The first-order valence-electron chi connectivity index (χ1n) is 6.59. The van der Waals surface area contributed by atoms with Crippen molar-refractivity contribution in [2.45, 2.75) is 45.1 Å². The molecule has 0 unspecified atom stereocenters. The van der Waals surface area contributed by atoms with Crippen molar-refractivity contribution in [1.82, 2.24) is 0 Å². The van der Waals surface area contributed by atoms with Crippen molar-refractivity contribution in [3.63, 3.8) is 0 Å². The lowest BCUT2D eigenvalue weighted by molar-refractivity contribution is 0.182. The zero-order chi connectivity index (χ0) is 12.4. The molecule has 0 atom stereocenters. The van der Waals surface area contributed by atoms with Crippen molar-refractivity contribution >= 4 is 5.69 Å². The number of rotatable bonds is 3. The van der Waals surface area contributed by atoms with Crippen LogP contribution >= 0.6 is 0 Å². The molecule has 0 amide bonds. The van der Waals surface area contributed by atoms with Crippen molar-refractivity contribution in [2.75, 3.05) is 11.9 Å². The van der Waals surface area contributed by atoms with E-state index < -0.39 is 0 Å². The molecule has 1 aromatic rings. The highest BCUT2D eigenvalue weighted by Gasteiger charge is 2.37. The van der Waals surface area contributed by atoms with Crippen molar-refractivity contribution in [3.8, 4) is 0 Å². The molecular weight excluding hydrogens is 208 g/mol. The van der Waals surface area contributed by atoms with Gasteiger partial charge in [0.05, 0.1) is 0 Å². The van der Waals surface area contributed by atoms with Gasteiger partial charge < -0.3 is 11.1 Å². The smallest absolute Gasteiger partial charge is 0.0496 e. The van der Waals surface area contributed by atoms with Gasteiger partial charge in [-0.05, 0) is 43.2 Å². The Hall–Kier alpha value is -1.02. The quantitative estimate of drug-likeness (QED) is 0.838. The Bertz CT molecular complexity index is 346. The van der Waals surface area contributed by atoms with Crippen LogP contribution in [0.25, 0.3) is 0 Å². The van der Waals surface area contributed by atoms with Crippen LogP contribution in [-0.2, 0) is 0 Å². The molecule has 0 spiro atoms. The van der Waals surface area contributed by atoms with Gasteiger partial charge in [-0.2, -0.15) is 0 Å². The SMILES string of the molecule is CC1(C)CCC(CN)(Nc2ccccc2)CC1. The summed E-state index contributed by atoms with van der Waals surface area (Å²) < 4.78 is 0. The molecule has 2 rings (SSSR count). The second-order valence-corrected chi connectivity index (χ2v) is 6.14. The van der Waals surface area contributed by atoms with E-state index in [0.29, 0.717) is 5.41 Å². The lowest BCUT2D eigenvalue weighted by Gasteiger charge is -2.44. The lowest BCUT2D eigenvalue weighted by Crippen LogP contribution is -2.49. The minimum absolute atomic E-state index is 0.108. The minimum Gasteiger partial charge on any atom is -0.378 e. The zero-order valence-electron chi connectivity index (χ0n) is 11.0. The maximum atomic E-state index is 6.01. The molecule has 94 valence electrons. The van der Waals surface area contributed by atoms with E-state index in [1.54, 1.807) is 0 Å². The van der Waals surface area contributed by atoms with Crippen molar-refractivity contribution in [2.24, 2.45) is 11.1 Å². The van der Waals surface area contributed by atoms with Crippen LogP contribution in [0.2, 0.25) is 0 Å². The molecule has 0 aliphatic heterocycles. The number of hydrogen-bond donors (Lipinski definition) is 2. The van der Waals surface area contributed by atoms with E-state index in [9.17, 15) is 0 Å². The highest BCUT2D eigenvalue weighted by Crippen LogP contribution is 2.41. The van der Waals surface area contributed by atoms with Gasteiger partial charge in [0.1, 0.15) is 0 Å². The number of anilines is 1. The van der Waals surface area contributed by atoms with E-state index in [1.165, 1.54) is 31.4 Å². The summed E-state index contributed by atoms with van der Waals surface area (Å²) in [6.07, 6.45) is 4.85. The molecule has 0 radical (unpaired) electrons. The van der Waals surface area contributed by atoms with Gasteiger partial charge in [0.15, 0.2) is 0 Å². The minimum atomic E-state index is 0.108. The monoisotopic (exact) mass is 232 g/mol. The van der Waals surface area contributed by atoms with Crippen LogP contribution in [0.3, 0.4) is 0 Å². The Morgan fingerprint density at radius 3 is 2.18 bits per heavy atom. The van der Waals surface area contributed by atoms with E-state index in [1.807, 2.05) is 6.07 Å². The largest absolute Gasteiger partial charge is 0.378 e. The van der Waals surface area contributed by atoms with Gasteiger partial charge >= 0.3 is 0 Å². The molecule has 2 nitrogen and oxygen atoms in total. The first-order chi connectivity index (χ1) is 8.05.